The molecule has 2 aliphatic heterocycles. The number of anilines is 1. The highest BCUT2D eigenvalue weighted by molar-refractivity contribution is 7.91. The number of piperazine rings is 1. The Labute approximate surface area is 367 Å². The molecule has 2 saturated heterocycles. The Kier molecular flexibility index (Phi) is 11.9. The van der Waals surface area contributed by atoms with E-state index in [1.54, 1.807) is 36.7 Å². The van der Waals surface area contributed by atoms with Gasteiger partial charge < -0.3 is 29.5 Å². The molecule has 2 aliphatic carbocycles. The summed E-state index contributed by atoms with van der Waals surface area (Å²) < 4.78 is 40.3. The maximum atomic E-state index is 15.1. The van der Waals surface area contributed by atoms with Gasteiger partial charge in [0.1, 0.15) is 35.0 Å². The number of carbonyl (C=O) groups is 4. The highest BCUT2D eigenvalue weighted by Gasteiger charge is 2.62. The van der Waals surface area contributed by atoms with Gasteiger partial charge in [0.25, 0.3) is 5.91 Å². The van der Waals surface area contributed by atoms with E-state index < -0.39 is 67.9 Å². The lowest BCUT2D eigenvalue weighted by Gasteiger charge is -2.38. The summed E-state index contributed by atoms with van der Waals surface area (Å²) in [5.41, 5.74) is -0.149. The third-order valence-electron chi connectivity index (χ3n) is 12.7. The summed E-state index contributed by atoms with van der Waals surface area (Å²) in [4.78, 5) is 76.3. The maximum absolute atomic E-state index is 15.1. The Bertz CT molecular complexity index is 2510. The molecule has 0 unspecified atom stereocenters. The molecular formula is C46H54N8O8S. The lowest BCUT2D eigenvalue weighted by Crippen LogP contribution is -2.57. The summed E-state index contributed by atoms with van der Waals surface area (Å²) in [7, 11) is -2.35. The van der Waals surface area contributed by atoms with E-state index in [4.69, 9.17) is 14.5 Å². The van der Waals surface area contributed by atoms with Crippen molar-refractivity contribution in [3.8, 4) is 22.8 Å². The van der Waals surface area contributed by atoms with Crippen molar-refractivity contribution in [3.63, 3.8) is 0 Å². The van der Waals surface area contributed by atoms with Crippen molar-refractivity contribution in [2.75, 3.05) is 44.7 Å². The van der Waals surface area contributed by atoms with Crippen LogP contribution >= 0.6 is 0 Å². The number of nitrogens with one attached hydrogen (secondary N) is 2. The Balaban J connectivity index is 1.08. The Morgan fingerprint density at radius 1 is 1.02 bits per heavy atom. The zero-order chi connectivity index (χ0) is 44.7. The number of likely N-dealkylation sites (tertiary alicyclic amines) is 1. The minimum absolute atomic E-state index is 0.00470. The molecule has 4 fully saturated rings. The first-order valence-electron chi connectivity index (χ1n) is 21.4. The fraction of sp³-hybridized carbons (Fsp3) is 0.457. The normalized spacial score (nSPS) is 22.9. The summed E-state index contributed by atoms with van der Waals surface area (Å²) in [6.45, 7) is 11.5. The molecular weight excluding hydrogens is 825 g/mol. The van der Waals surface area contributed by atoms with E-state index in [0.717, 1.165) is 11.4 Å². The molecule has 0 radical (unpaired) electrons. The number of nitrogens with zero attached hydrogens (tertiary/aromatic N) is 6. The van der Waals surface area contributed by atoms with E-state index in [1.807, 2.05) is 69.3 Å². The van der Waals surface area contributed by atoms with Gasteiger partial charge in [-0.2, -0.15) is 0 Å². The van der Waals surface area contributed by atoms with Gasteiger partial charge in [0.05, 0.1) is 42.2 Å². The number of benzene rings is 2. The number of fused-ring (bicyclic) bond motifs is 1. The number of hydrogen-bond acceptors (Lipinski definition) is 12. The minimum Gasteiger partial charge on any atom is -0.497 e. The van der Waals surface area contributed by atoms with Gasteiger partial charge in [0, 0.05) is 80.4 Å². The van der Waals surface area contributed by atoms with Crippen LogP contribution in [0.25, 0.3) is 22.2 Å². The molecule has 2 aromatic heterocycles. The SMILES string of the molecule is C=C[C@@H]1C[C@]1(NC(=O)[C@@H]1C[C@@H](Oc2cc(-c3ccccc3)nc3cc(OC)ccc23)CN1C(=O)[C@@H](CC(=O)N1CCN(c2cnccn2)CC1)C(C)(C)C)C(=O)NS(=O)(=O)C1CC1. The molecule has 63 heavy (non-hydrogen) atoms. The molecule has 5 atom stereocenters. The monoisotopic (exact) mass is 878 g/mol. The van der Waals surface area contributed by atoms with Gasteiger partial charge in [-0.05, 0) is 36.8 Å². The van der Waals surface area contributed by atoms with Crippen LogP contribution in [-0.4, -0.2) is 120 Å². The number of rotatable bonds is 14. The molecule has 17 heteroatoms. The van der Waals surface area contributed by atoms with Crippen LogP contribution in [0.5, 0.6) is 11.5 Å². The maximum Gasteiger partial charge on any atom is 0.259 e. The van der Waals surface area contributed by atoms with Crippen molar-refractivity contribution < 1.29 is 37.1 Å². The summed E-state index contributed by atoms with van der Waals surface area (Å²) in [6.07, 6.45) is 6.75. The molecule has 4 amide bonds. The zero-order valence-electron chi connectivity index (χ0n) is 36.0. The molecule has 16 nitrogen and oxygen atoms in total. The van der Waals surface area contributed by atoms with Crippen molar-refractivity contribution in [2.45, 2.75) is 75.8 Å². The van der Waals surface area contributed by atoms with E-state index in [9.17, 15) is 22.8 Å². The average molecular weight is 879 g/mol. The molecule has 8 rings (SSSR count). The first-order chi connectivity index (χ1) is 30.1. The summed E-state index contributed by atoms with van der Waals surface area (Å²) in [5, 5.41) is 2.92. The highest BCUT2D eigenvalue weighted by Crippen LogP contribution is 2.46. The largest absolute Gasteiger partial charge is 0.497 e. The van der Waals surface area contributed by atoms with Crippen LogP contribution < -0.4 is 24.4 Å². The van der Waals surface area contributed by atoms with E-state index in [0.29, 0.717) is 67.1 Å². The van der Waals surface area contributed by atoms with Gasteiger partial charge in [-0.15, -0.1) is 6.58 Å². The first-order valence-corrected chi connectivity index (χ1v) is 23.0. The smallest absolute Gasteiger partial charge is 0.259 e. The molecule has 2 N–H and O–H groups in total. The zero-order valence-corrected chi connectivity index (χ0v) is 36.8. The standard InChI is InChI=1S/C46H54N8O8S/c1-6-30-26-46(30,44(58)51-63(59,60)33-13-14-33)50-42(56)38-23-32(62-39-25-36(29-10-8-7-9-11-29)49-37-22-31(61-5)12-15-34(37)39)28-54(38)43(57)35(45(2,3)4)24-41(55)53-20-18-52(19-21-53)40-27-47-16-17-48-40/h6-12,15-17,22,25,27,30,32-33,35,38H,1,13-14,18-21,23-24,26,28H2,2-5H3,(H,50,56)(H,51,58)/t30-,32-,35-,38+,46-/m1/s1. The van der Waals surface area contributed by atoms with Crippen molar-refractivity contribution in [1.29, 1.82) is 0 Å². The number of methoxy groups -OCH3 is 1. The van der Waals surface area contributed by atoms with E-state index in [-0.39, 0.29) is 31.7 Å². The van der Waals surface area contributed by atoms with E-state index in [1.165, 1.54) is 11.0 Å². The van der Waals surface area contributed by atoms with Gasteiger partial charge in [-0.25, -0.2) is 18.4 Å². The predicted molar refractivity (Wildman–Crippen MR) is 236 cm³/mol. The molecule has 2 saturated carbocycles. The van der Waals surface area contributed by atoms with E-state index >= 15 is 4.79 Å². The quantitative estimate of drug-likeness (QED) is 0.173. The summed E-state index contributed by atoms with van der Waals surface area (Å²) in [6, 6.07) is 15.8. The van der Waals surface area contributed by atoms with Crippen LogP contribution in [0.4, 0.5) is 5.82 Å². The fourth-order valence-corrected chi connectivity index (χ4v) is 10.0. The Morgan fingerprint density at radius 2 is 1.76 bits per heavy atom. The van der Waals surface area contributed by atoms with Crippen molar-refractivity contribution in [3.05, 3.63) is 85.8 Å². The van der Waals surface area contributed by atoms with Crippen LogP contribution in [0.2, 0.25) is 0 Å². The highest BCUT2D eigenvalue weighted by atomic mass is 32.2. The van der Waals surface area contributed by atoms with Crippen molar-refractivity contribution >= 4 is 50.4 Å². The predicted octanol–water partition coefficient (Wildman–Crippen LogP) is 4.12. The minimum atomic E-state index is -3.92. The number of hydrogen-bond donors (Lipinski definition) is 2. The number of carbonyl (C=O) groups excluding carboxylic acids is 4. The summed E-state index contributed by atoms with van der Waals surface area (Å²) >= 11 is 0. The number of aromatic nitrogens is 3. The molecule has 4 aliphatic rings. The van der Waals surface area contributed by atoms with Gasteiger partial charge in [0.2, 0.25) is 27.7 Å². The van der Waals surface area contributed by atoms with Crippen molar-refractivity contribution in [1.82, 2.24) is 34.8 Å². The number of pyridine rings is 1. The number of amides is 4. The van der Waals surface area contributed by atoms with Crippen molar-refractivity contribution in [2.24, 2.45) is 17.3 Å². The van der Waals surface area contributed by atoms with Gasteiger partial charge in [-0.3, -0.25) is 28.9 Å². The van der Waals surface area contributed by atoms with Crippen LogP contribution in [0, 0.1) is 17.3 Å². The third-order valence-corrected chi connectivity index (χ3v) is 14.5. The topological polar surface area (TPSA) is 193 Å². The second-order valence-corrected chi connectivity index (χ2v) is 19.9. The van der Waals surface area contributed by atoms with E-state index in [2.05, 4.69) is 31.5 Å². The molecule has 2 aromatic carbocycles. The molecule has 4 heterocycles. The van der Waals surface area contributed by atoms with Crippen LogP contribution in [0.1, 0.15) is 52.9 Å². The van der Waals surface area contributed by atoms with Crippen LogP contribution in [-0.2, 0) is 29.2 Å². The summed E-state index contributed by atoms with van der Waals surface area (Å²) in [5.74, 6) is -1.59. The molecule has 332 valence electrons. The second kappa shape index (κ2) is 17.2. The van der Waals surface area contributed by atoms with Crippen LogP contribution in [0.3, 0.4) is 0 Å². The van der Waals surface area contributed by atoms with Gasteiger partial charge in [-0.1, -0.05) is 57.2 Å². The Hall–Kier alpha value is -6.10. The average Bonchev–Trinajstić information content (AvgIpc) is 4.22. The van der Waals surface area contributed by atoms with Crippen LogP contribution in [0.15, 0.2) is 85.8 Å². The number of sulfonamides is 1. The molecule has 0 spiro atoms. The third kappa shape index (κ3) is 9.19. The lowest BCUT2D eigenvalue weighted by atomic mass is 9.77. The number of ether oxygens (including phenoxy) is 2. The Morgan fingerprint density at radius 3 is 2.40 bits per heavy atom. The lowest BCUT2D eigenvalue weighted by molar-refractivity contribution is -0.148. The molecule has 0 bridgehead atoms. The van der Waals surface area contributed by atoms with Gasteiger partial charge >= 0.3 is 0 Å². The first kappa shape index (κ1) is 43.5. The second-order valence-electron chi connectivity index (χ2n) is 18.0. The van der Waals surface area contributed by atoms with Gasteiger partial charge in [0.15, 0.2) is 0 Å². The molecule has 4 aromatic rings. The fourth-order valence-electron chi connectivity index (χ4n) is 8.64.